The second-order valence-electron chi connectivity index (χ2n) is 3.39. The fraction of sp³-hybridized carbons (Fsp3) is 0.167. The van der Waals surface area contributed by atoms with Gasteiger partial charge in [-0.3, -0.25) is 4.98 Å². The number of aromatic nitrogens is 1. The molecule has 0 radical (unpaired) electrons. The number of carbonyl (C=O) groups excluding carboxylic acids is 1. The van der Waals surface area contributed by atoms with E-state index in [4.69, 9.17) is 0 Å². The van der Waals surface area contributed by atoms with Gasteiger partial charge in [-0.2, -0.15) is 0 Å². The molecule has 4 heteroatoms. The standard InChI is InChI=1S/C12H11NO3/c1-16-12(15)11(14)9-6-8-4-2-3-5-10(8)13-7-9/h2-7,11,14H,1H3. The highest BCUT2D eigenvalue weighted by Crippen LogP contribution is 2.18. The number of ether oxygens (including phenoxy) is 1. The summed E-state index contributed by atoms with van der Waals surface area (Å²) in [7, 11) is 1.24. The Morgan fingerprint density at radius 1 is 1.44 bits per heavy atom. The summed E-state index contributed by atoms with van der Waals surface area (Å²) in [5.74, 6) is -0.683. The minimum absolute atomic E-state index is 0.436. The number of nitrogens with zero attached hydrogens (tertiary/aromatic N) is 1. The summed E-state index contributed by atoms with van der Waals surface area (Å²) in [6.45, 7) is 0. The lowest BCUT2D eigenvalue weighted by atomic mass is 10.1. The zero-order chi connectivity index (χ0) is 11.5. The van der Waals surface area contributed by atoms with Gasteiger partial charge in [-0.1, -0.05) is 18.2 Å². The number of aliphatic hydroxyl groups excluding tert-OH is 1. The van der Waals surface area contributed by atoms with Crippen molar-refractivity contribution in [1.82, 2.24) is 4.98 Å². The van der Waals surface area contributed by atoms with Crippen molar-refractivity contribution in [1.29, 1.82) is 0 Å². The molecule has 2 aromatic rings. The van der Waals surface area contributed by atoms with Crippen LogP contribution < -0.4 is 0 Å². The Morgan fingerprint density at radius 2 is 2.19 bits per heavy atom. The van der Waals surface area contributed by atoms with Gasteiger partial charge in [-0.25, -0.2) is 4.79 Å². The minimum Gasteiger partial charge on any atom is -0.467 e. The van der Waals surface area contributed by atoms with E-state index in [2.05, 4.69) is 9.72 Å². The maximum absolute atomic E-state index is 11.1. The SMILES string of the molecule is COC(=O)C(O)c1cnc2ccccc2c1. The van der Waals surface area contributed by atoms with Crippen molar-refractivity contribution < 1.29 is 14.6 Å². The Hall–Kier alpha value is -1.94. The molecular weight excluding hydrogens is 206 g/mol. The first-order valence-electron chi connectivity index (χ1n) is 4.83. The Bertz CT molecular complexity index is 524. The van der Waals surface area contributed by atoms with Crippen molar-refractivity contribution >= 4 is 16.9 Å². The molecule has 2 rings (SSSR count). The van der Waals surface area contributed by atoms with Gasteiger partial charge in [-0.15, -0.1) is 0 Å². The van der Waals surface area contributed by atoms with E-state index in [-0.39, 0.29) is 0 Å². The zero-order valence-corrected chi connectivity index (χ0v) is 8.75. The molecule has 0 spiro atoms. The Morgan fingerprint density at radius 3 is 2.94 bits per heavy atom. The van der Waals surface area contributed by atoms with E-state index < -0.39 is 12.1 Å². The fourth-order valence-corrected chi connectivity index (χ4v) is 1.49. The molecule has 0 bridgehead atoms. The van der Waals surface area contributed by atoms with Crippen LogP contribution in [0.1, 0.15) is 11.7 Å². The van der Waals surface area contributed by atoms with E-state index in [0.29, 0.717) is 5.56 Å². The van der Waals surface area contributed by atoms with Gasteiger partial charge in [-0.05, 0) is 12.1 Å². The van der Waals surface area contributed by atoms with E-state index in [9.17, 15) is 9.90 Å². The third-order valence-electron chi connectivity index (χ3n) is 2.35. The number of aliphatic hydroxyl groups is 1. The van der Waals surface area contributed by atoms with Crippen LogP contribution in [-0.4, -0.2) is 23.2 Å². The number of fused-ring (bicyclic) bond motifs is 1. The van der Waals surface area contributed by atoms with E-state index in [0.717, 1.165) is 10.9 Å². The van der Waals surface area contributed by atoms with E-state index in [1.165, 1.54) is 13.3 Å². The number of methoxy groups -OCH3 is 1. The molecule has 16 heavy (non-hydrogen) atoms. The number of pyridine rings is 1. The molecule has 0 saturated carbocycles. The molecule has 0 aliphatic carbocycles. The summed E-state index contributed by atoms with van der Waals surface area (Å²) in [6, 6.07) is 9.22. The maximum atomic E-state index is 11.1. The van der Waals surface area contributed by atoms with Crippen LogP contribution in [0.25, 0.3) is 10.9 Å². The highest BCUT2D eigenvalue weighted by Gasteiger charge is 2.18. The molecule has 1 unspecified atom stereocenters. The number of hydrogen-bond acceptors (Lipinski definition) is 4. The molecule has 0 fully saturated rings. The average molecular weight is 217 g/mol. The van der Waals surface area contributed by atoms with Crippen LogP contribution in [0, 0.1) is 0 Å². The molecule has 0 amide bonds. The van der Waals surface area contributed by atoms with Crippen LogP contribution >= 0.6 is 0 Å². The van der Waals surface area contributed by atoms with Crippen LogP contribution in [0.2, 0.25) is 0 Å². The Labute approximate surface area is 92.5 Å². The number of rotatable bonds is 2. The second-order valence-corrected chi connectivity index (χ2v) is 3.39. The lowest BCUT2D eigenvalue weighted by Crippen LogP contribution is -2.13. The summed E-state index contributed by atoms with van der Waals surface area (Å²) in [4.78, 5) is 15.3. The third kappa shape index (κ3) is 1.87. The summed E-state index contributed by atoms with van der Waals surface area (Å²) >= 11 is 0. The van der Waals surface area contributed by atoms with Crippen molar-refractivity contribution in [2.75, 3.05) is 7.11 Å². The van der Waals surface area contributed by atoms with Gasteiger partial charge in [0, 0.05) is 17.1 Å². The van der Waals surface area contributed by atoms with Gasteiger partial charge < -0.3 is 9.84 Å². The first-order chi connectivity index (χ1) is 7.72. The normalized spacial score (nSPS) is 12.4. The van der Waals surface area contributed by atoms with Crippen LogP contribution in [0.4, 0.5) is 0 Å². The molecule has 0 saturated heterocycles. The zero-order valence-electron chi connectivity index (χ0n) is 8.75. The molecule has 1 N–H and O–H groups in total. The molecule has 1 heterocycles. The van der Waals surface area contributed by atoms with Gasteiger partial charge in [0.2, 0.25) is 0 Å². The number of para-hydroxylation sites is 1. The molecule has 1 atom stereocenters. The van der Waals surface area contributed by atoms with Crippen molar-refractivity contribution in [2.24, 2.45) is 0 Å². The second kappa shape index (κ2) is 4.28. The summed E-state index contributed by atoms with van der Waals surface area (Å²) in [5.41, 5.74) is 1.26. The van der Waals surface area contributed by atoms with Crippen molar-refractivity contribution in [3.8, 4) is 0 Å². The summed E-state index contributed by atoms with van der Waals surface area (Å²) < 4.78 is 4.46. The molecule has 1 aromatic carbocycles. The molecule has 0 aliphatic rings. The van der Waals surface area contributed by atoms with Crippen LogP contribution in [0.15, 0.2) is 36.5 Å². The van der Waals surface area contributed by atoms with E-state index in [1.807, 2.05) is 24.3 Å². The molecule has 1 aromatic heterocycles. The monoisotopic (exact) mass is 217 g/mol. The molecule has 82 valence electrons. The van der Waals surface area contributed by atoms with Crippen molar-refractivity contribution in [2.45, 2.75) is 6.10 Å². The lowest BCUT2D eigenvalue weighted by molar-refractivity contribution is -0.150. The summed E-state index contributed by atoms with van der Waals surface area (Å²) in [5, 5.41) is 10.5. The van der Waals surface area contributed by atoms with Gasteiger partial charge >= 0.3 is 5.97 Å². The average Bonchev–Trinajstić information content (AvgIpc) is 2.36. The first-order valence-corrected chi connectivity index (χ1v) is 4.83. The minimum atomic E-state index is -1.28. The Balaban J connectivity index is 2.43. The quantitative estimate of drug-likeness (QED) is 0.773. The van der Waals surface area contributed by atoms with Crippen LogP contribution in [0.5, 0.6) is 0 Å². The first kappa shape index (κ1) is 10.6. The Kier molecular flexibility index (Phi) is 2.83. The third-order valence-corrected chi connectivity index (χ3v) is 2.35. The van der Waals surface area contributed by atoms with Crippen LogP contribution in [-0.2, 0) is 9.53 Å². The van der Waals surface area contributed by atoms with Gasteiger partial charge in [0.1, 0.15) is 0 Å². The van der Waals surface area contributed by atoms with Gasteiger partial charge in [0.25, 0.3) is 0 Å². The number of hydrogen-bond donors (Lipinski definition) is 1. The van der Waals surface area contributed by atoms with Gasteiger partial charge in [0.05, 0.1) is 12.6 Å². The van der Waals surface area contributed by atoms with Crippen molar-refractivity contribution in [3.05, 3.63) is 42.1 Å². The van der Waals surface area contributed by atoms with Crippen molar-refractivity contribution in [3.63, 3.8) is 0 Å². The molecule has 0 aliphatic heterocycles. The molecular formula is C12H11NO3. The van der Waals surface area contributed by atoms with Crippen LogP contribution in [0.3, 0.4) is 0 Å². The summed E-state index contributed by atoms with van der Waals surface area (Å²) in [6.07, 6.45) is 0.200. The molecule has 4 nitrogen and oxygen atoms in total. The fourth-order valence-electron chi connectivity index (χ4n) is 1.49. The van der Waals surface area contributed by atoms with Gasteiger partial charge in [0.15, 0.2) is 6.10 Å². The van der Waals surface area contributed by atoms with E-state index in [1.54, 1.807) is 6.07 Å². The largest absolute Gasteiger partial charge is 0.467 e. The number of benzene rings is 1. The highest BCUT2D eigenvalue weighted by atomic mass is 16.5. The highest BCUT2D eigenvalue weighted by molar-refractivity contribution is 5.82. The predicted molar refractivity (Wildman–Crippen MR) is 58.7 cm³/mol. The maximum Gasteiger partial charge on any atom is 0.339 e. The topological polar surface area (TPSA) is 59.4 Å². The smallest absolute Gasteiger partial charge is 0.339 e. The number of esters is 1. The number of carbonyl (C=O) groups is 1. The predicted octanol–water partition coefficient (Wildman–Crippen LogP) is 1.44. The lowest BCUT2D eigenvalue weighted by Gasteiger charge is -2.08. The van der Waals surface area contributed by atoms with E-state index >= 15 is 0 Å².